The Hall–Kier alpha value is -3.03. The summed E-state index contributed by atoms with van der Waals surface area (Å²) >= 11 is 0. The van der Waals surface area contributed by atoms with Gasteiger partial charge in [-0.3, -0.25) is 9.59 Å². The van der Waals surface area contributed by atoms with Gasteiger partial charge in [0.15, 0.2) is 5.43 Å². The van der Waals surface area contributed by atoms with Crippen LogP contribution in [0.3, 0.4) is 0 Å². The fourth-order valence-corrected chi connectivity index (χ4v) is 5.52. The van der Waals surface area contributed by atoms with E-state index < -0.39 is 23.1 Å². The third kappa shape index (κ3) is 3.96. The van der Waals surface area contributed by atoms with Crippen LogP contribution in [-0.4, -0.2) is 23.0 Å². The SMILES string of the molecule is C[C@@H]1C=Cc2[nH]cc(C(=O)Nc3ccc(N4C5CCCC4CC5)cc3C(F)(F)F)c(=O)c2C1. The highest BCUT2D eigenvalue weighted by Gasteiger charge is 2.39. The first-order valence-electron chi connectivity index (χ1n) is 11.5. The molecule has 0 spiro atoms. The van der Waals surface area contributed by atoms with Crippen molar-refractivity contribution in [3.8, 4) is 0 Å². The van der Waals surface area contributed by atoms with Crippen molar-refractivity contribution in [3.05, 3.63) is 63.1 Å². The Morgan fingerprint density at radius 3 is 2.58 bits per heavy atom. The second-order valence-electron chi connectivity index (χ2n) is 9.37. The van der Waals surface area contributed by atoms with Crippen molar-refractivity contribution in [1.29, 1.82) is 0 Å². The Bertz CT molecular complexity index is 1170. The normalized spacial score (nSPS) is 24.0. The Labute approximate surface area is 189 Å². The highest BCUT2D eigenvalue weighted by Crippen LogP contribution is 2.43. The average Bonchev–Trinajstić information content (AvgIpc) is 3.02. The molecule has 3 atom stereocenters. The number of nitrogens with one attached hydrogen (secondary N) is 2. The zero-order valence-electron chi connectivity index (χ0n) is 18.3. The zero-order valence-corrected chi connectivity index (χ0v) is 18.3. The van der Waals surface area contributed by atoms with Crippen molar-refractivity contribution in [2.75, 3.05) is 10.2 Å². The number of hydrogen-bond donors (Lipinski definition) is 2. The van der Waals surface area contributed by atoms with E-state index in [1.165, 1.54) is 12.3 Å². The quantitative estimate of drug-likeness (QED) is 0.651. The molecule has 3 heterocycles. The van der Waals surface area contributed by atoms with Crippen molar-refractivity contribution < 1.29 is 18.0 Å². The van der Waals surface area contributed by atoms with E-state index in [1.54, 1.807) is 12.1 Å². The molecule has 2 unspecified atom stereocenters. The third-order valence-corrected chi connectivity index (χ3v) is 7.13. The predicted molar refractivity (Wildman–Crippen MR) is 122 cm³/mol. The van der Waals surface area contributed by atoms with Gasteiger partial charge in [-0.2, -0.15) is 13.2 Å². The van der Waals surface area contributed by atoms with Gasteiger partial charge in [-0.05, 0) is 68.7 Å². The van der Waals surface area contributed by atoms with Crippen LogP contribution in [0, 0.1) is 5.92 Å². The lowest BCUT2D eigenvalue weighted by Gasteiger charge is -2.37. The minimum atomic E-state index is -4.64. The van der Waals surface area contributed by atoms with E-state index >= 15 is 0 Å². The van der Waals surface area contributed by atoms with E-state index in [0.29, 0.717) is 23.4 Å². The molecule has 174 valence electrons. The number of nitrogens with zero attached hydrogens (tertiary/aromatic N) is 1. The van der Waals surface area contributed by atoms with Crippen LogP contribution in [0.25, 0.3) is 6.08 Å². The van der Waals surface area contributed by atoms with E-state index in [2.05, 4.69) is 15.2 Å². The summed E-state index contributed by atoms with van der Waals surface area (Å²) in [5, 5.41) is 2.34. The molecule has 8 heteroatoms. The number of aromatic amines is 1. The Balaban J connectivity index is 1.46. The maximum atomic E-state index is 14.0. The molecule has 2 N–H and O–H groups in total. The summed E-state index contributed by atoms with van der Waals surface area (Å²) in [6.45, 7) is 1.96. The number of carbonyl (C=O) groups is 1. The first-order valence-corrected chi connectivity index (χ1v) is 11.5. The summed E-state index contributed by atoms with van der Waals surface area (Å²) in [6, 6.07) is 4.63. The monoisotopic (exact) mass is 457 g/mol. The van der Waals surface area contributed by atoms with Crippen molar-refractivity contribution >= 4 is 23.4 Å². The number of pyridine rings is 1. The highest BCUT2D eigenvalue weighted by molar-refractivity contribution is 6.04. The van der Waals surface area contributed by atoms with E-state index in [0.717, 1.165) is 38.2 Å². The first kappa shape index (κ1) is 21.8. The van der Waals surface area contributed by atoms with E-state index in [9.17, 15) is 22.8 Å². The number of hydrogen-bond acceptors (Lipinski definition) is 3. The molecule has 0 radical (unpaired) electrons. The van der Waals surface area contributed by atoms with Crippen molar-refractivity contribution in [1.82, 2.24) is 4.98 Å². The lowest BCUT2D eigenvalue weighted by Crippen LogP contribution is -2.39. The van der Waals surface area contributed by atoms with Crippen LogP contribution in [0.15, 0.2) is 35.3 Å². The summed E-state index contributed by atoms with van der Waals surface area (Å²) in [5.74, 6) is -0.705. The topological polar surface area (TPSA) is 65.2 Å². The molecule has 2 bridgehead atoms. The fourth-order valence-electron chi connectivity index (χ4n) is 5.52. The maximum absolute atomic E-state index is 14.0. The van der Waals surface area contributed by atoms with Gasteiger partial charge in [-0.1, -0.05) is 13.0 Å². The standard InChI is InChI=1S/C25H26F3N3O2/c1-14-5-9-21-18(11-14)23(32)19(13-29-21)24(33)30-22-10-8-17(12-20(22)25(26,27)28)31-15-3-2-4-16(31)7-6-15/h5,8-10,12-16H,2-4,6-7,11H2,1H3,(H,29,32)(H,30,33)/t14-,15?,16?/m1/s1. The van der Waals surface area contributed by atoms with Crippen LogP contribution in [0.2, 0.25) is 0 Å². The predicted octanol–water partition coefficient (Wildman–Crippen LogP) is 5.37. The van der Waals surface area contributed by atoms with E-state index in [-0.39, 0.29) is 29.3 Å². The lowest BCUT2D eigenvalue weighted by atomic mass is 9.92. The van der Waals surface area contributed by atoms with Gasteiger partial charge in [0.1, 0.15) is 5.56 Å². The van der Waals surface area contributed by atoms with Crippen molar-refractivity contribution in [2.45, 2.75) is 63.7 Å². The molecule has 0 saturated carbocycles. The first-order chi connectivity index (χ1) is 15.7. The van der Waals surface area contributed by atoms with Crippen LogP contribution in [0.4, 0.5) is 24.5 Å². The number of benzene rings is 1. The fraction of sp³-hybridized carbons (Fsp3) is 0.440. The molecule has 1 aliphatic carbocycles. The number of alkyl halides is 3. The number of rotatable bonds is 3. The molecule has 2 aromatic rings. The van der Waals surface area contributed by atoms with Gasteiger partial charge < -0.3 is 15.2 Å². The smallest absolute Gasteiger partial charge is 0.366 e. The number of H-pyrrole nitrogens is 1. The Morgan fingerprint density at radius 2 is 1.88 bits per heavy atom. The van der Waals surface area contributed by atoms with Gasteiger partial charge in [0.25, 0.3) is 5.91 Å². The number of allylic oxidation sites excluding steroid dienone is 1. The van der Waals surface area contributed by atoms with Crippen LogP contribution in [-0.2, 0) is 12.6 Å². The van der Waals surface area contributed by atoms with Gasteiger partial charge in [-0.25, -0.2) is 0 Å². The minimum Gasteiger partial charge on any atom is -0.366 e. The summed E-state index contributed by atoms with van der Waals surface area (Å²) < 4.78 is 41.9. The number of anilines is 2. The summed E-state index contributed by atoms with van der Waals surface area (Å²) in [6.07, 6.45) is 5.94. The van der Waals surface area contributed by atoms with E-state index in [4.69, 9.17) is 0 Å². The lowest BCUT2D eigenvalue weighted by molar-refractivity contribution is -0.136. The van der Waals surface area contributed by atoms with Crippen LogP contribution in [0.5, 0.6) is 0 Å². The Kier molecular flexibility index (Phi) is 5.34. The molecule has 3 aliphatic rings. The molecule has 2 aliphatic heterocycles. The molecule has 1 aromatic heterocycles. The van der Waals surface area contributed by atoms with Gasteiger partial charge in [0.05, 0.1) is 11.3 Å². The van der Waals surface area contributed by atoms with Gasteiger partial charge in [0.2, 0.25) is 0 Å². The number of fused-ring (bicyclic) bond motifs is 3. The third-order valence-electron chi connectivity index (χ3n) is 7.13. The van der Waals surface area contributed by atoms with E-state index in [1.807, 2.05) is 13.0 Å². The number of aromatic nitrogens is 1. The maximum Gasteiger partial charge on any atom is 0.418 e. The Morgan fingerprint density at radius 1 is 1.15 bits per heavy atom. The molecule has 1 amide bonds. The van der Waals surface area contributed by atoms with Crippen LogP contribution in [0.1, 0.15) is 66.2 Å². The summed E-state index contributed by atoms with van der Waals surface area (Å²) in [4.78, 5) is 30.8. The zero-order chi connectivity index (χ0) is 23.3. The number of halogens is 3. The average molecular weight is 457 g/mol. The van der Waals surface area contributed by atoms with Gasteiger partial charge >= 0.3 is 6.18 Å². The second kappa shape index (κ2) is 8.08. The molecule has 5 rings (SSSR count). The summed E-state index contributed by atoms with van der Waals surface area (Å²) in [5.41, 5.74) is -0.235. The molecule has 1 aromatic carbocycles. The largest absolute Gasteiger partial charge is 0.418 e. The molecule has 5 nitrogen and oxygen atoms in total. The minimum absolute atomic E-state index is 0.145. The highest BCUT2D eigenvalue weighted by atomic mass is 19.4. The molecular formula is C25H26F3N3O2. The van der Waals surface area contributed by atoms with Gasteiger partial charge in [0, 0.05) is 35.2 Å². The molecule has 33 heavy (non-hydrogen) atoms. The van der Waals surface area contributed by atoms with Crippen molar-refractivity contribution in [2.24, 2.45) is 5.92 Å². The molecule has 2 saturated heterocycles. The number of piperidine rings is 1. The number of carbonyl (C=O) groups excluding carboxylic acids is 1. The molecule has 2 fully saturated rings. The van der Waals surface area contributed by atoms with Crippen LogP contribution < -0.4 is 15.6 Å². The van der Waals surface area contributed by atoms with Crippen LogP contribution >= 0.6 is 0 Å². The second-order valence-corrected chi connectivity index (χ2v) is 9.37. The molecular weight excluding hydrogens is 431 g/mol. The number of amides is 1. The van der Waals surface area contributed by atoms with Crippen molar-refractivity contribution in [3.63, 3.8) is 0 Å². The summed E-state index contributed by atoms with van der Waals surface area (Å²) in [7, 11) is 0. The van der Waals surface area contributed by atoms with Gasteiger partial charge in [-0.15, -0.1) is 0 Å².